The summed E-state index contributed by atoms with van der Waals surface area (Å²) in [7, 11) is 0. The van der Waals surface area contributed by atoms with Gasteiger partial charge in [-0.25, -0.2) is 4.79 Å². The molecule has 0 saturated carbocycles. The van der Waals surface area contributed by atoms with Gasteiger partial charge in [-0.05, 0) is 65.0 Å². The van der Waals surface area contributed by atoms with E-state index in [9.17, 15) is 9.90 Å². The first kappa shape index (κ1) is 22.1. The molecule has 1 aliphatic carbocycles. The molecule has 0 unspecified atom stereocenters. The Hall–Kier alpha value is -3.07. The molecule has 0 saturated heterocycles. The molecule has 0 heterocycles. The molecule has 3 aromatic carbocycles. The molecule has 3 heteroatoms. The van der Waals surface area contributed by atoms with Crippen LogP contribution in [-0.2, 0) is 15.6 Å². The van der Waals surface area contributed by atoms with E-state index in [0.717, 1.165) is 28.7 Å². The predicted octanol–water partition coefficient (Wildman–Crippen LogP) is 7.25. The minimum atomic E-state index is -0.336. The largest absolute Gasteiger partial charge is 0.507 e. The summed E-state index contributed by atoms with van der Waals surface area (Å²) in [5, 5.41) is 11.2. The second kappa shape index (κ2) is 8.12. The van der Waals surface area contributed by atoms with Crippen LogP contribution in [0, 0.1) is 0 Å². The first-order valence-corrected chi connectivity index (χ1v) is 11.4. The van der Waals surface area contributed by atoms with Crippen molar-refractivity contribution in [1.82, 2.24) is 0 Å². The van der Waals surface area contributed by atoms with Crippen LogP contribution >= 0.6 is 0 Å². The number of aromatic hydroxyl groups is 1. The number of para-hydroxylation sites is 1. The minimum Gasteiger partial charge on any atom is -0.507 e. The lowest BCUT2D eigenvalue weighted by Gasteiger charge is -2.42. The van der Waals surface area contributed by atoms with Crippen LogP contribution in [0.3, 0.4) is 0 Å². The molecule has 0 radical (unpaired) electrons. The van der Waals surface area contributed by atoms with Gasteiger partial charge in [0.05, 0.1) is 12.2 Å². The Bertz CT molecular complexity index is 1150. The second-order valence-corrected chi connectivity index (χ2v) is 10.0. The summed E-state index contributed by atoms with van der Waals surface area (Å²) in [5.41, 5.74) is 7.00. The van der Waals surface area contributed by atoms with Crippen LogP contribution in [0.5, 0.6) is 5.75 Å². The Kier molecular flexibility index (Phi) is 5.62. The molecular formula is C29H32O3. The summed E-state index contributed by atoms with van der Waals surface area (Å²) in [6.45, 7) is 11.4. The van der Waals surface area contributed by atoms with Gasteiger partial charge in [0.15, 0.2) is 0 Å². The maximum Gasteiger partial charge on any atom is 0.338 e. The van der Waals surface area contributed by atoms with E-state index in [1.807, 2.05) is 30.3 Å². The molecule has 4 rings (SSSR count). The van der Waals surface area contributed by atoms with Gasteiger partial charge in [-0.2, -0.15) is 0 Å². The van der Waals surface area contributed by atoms with Crippen LogP contribution in [0.2, 0.25) is 0 Å². The number of carbonyl (C=O) groups is 1. The van der Waals surface area contributed by atoms with Gasteiger partial charge in [0, 0.05) is 11.1 Å². The topological polar surface area (TPSA) is 46.5 Å². The Morgan fingerprint density at radius 1 is 0.844 bits per heavy atom. The molecule has 1 aliphatic rings. The molecule has 0 amide bonds. The standard InChI is InChI=1S/C29H32O3/c1-6-32-27(31)20-12-10-19(11-13-20)22-8-7-9-23(26(22)30)21-14-15-24-25(18-21)29(4,5)17-16-28(24,2)3/h7-15,18,30H,6,16-17H2,1-5H3. The van der Waals surface area contributed by atoms with Crippen LogP contribution in [0.4, 0.5) is 0 Å². The first-order valence-electron chi connectivity index (χ1n) is 11.4. The van der Waals surface area contributed by atoms with Crippen LogP contribution in [0.1, 0.15) is 68.9 Å². The van der Waals surface area contributed by atoms with Crippen molar-refractivity contribution in [3.05, 3.63) is 77.4 Å². The third-order valence-corrected chi connectivity index (χ3v) is 6.91. The van der Waals surface area contributed by atoms with E-state index in [0.29, 0.717) is 12.2 Å². The van der Waals surface area contributed by atoms with Crippen LogP contribution in [0.25, 0.3) is 22.3 Å². The zero-order valence-electron chi connectivity index (χ0n) is 19.7. The maximum absolute atomic E-state index is 11.9. The van der Waals surface area contributed by atoms with Crippen LogP contribution in [-0.4, -0.2) is 17.7 Å². The zero-order chi connectivity index (χ0) is 23.1. The van der Waals surface area contributed by atoms with E-state index in [-0.39, 0.29) is 22.5 Å². The number of hydrogen-bond donors (Lipinski definition) is 1. The van der Waals surface area contributed by atoms with Crippen molar-refractivity contribution < 1.29 is 14.6 Å². The monoisotopic (exact) mass is 428 g/mol. The van der Waals surface area contributed by atoms with Crippen molar-refractivity contribution in [1.29, 1.82) is 0 Å². The Balaban J connectivity index is 1.75. The van der Waals surface area contributed by atoms with Crippen molar-refractivity contribution in [3.63, 3.8) is 0 Å². The fourth-order valence-corrected chi connectivity index (χ4v) is 4.77. The van der Waals surface area contributed by atoms with Gasteiger partial charge in [-0.15, -0.1) is 0 Å². The quantitative estimate of drug-likeness (QED) is 0.445. The summed E-state index contributed by atoms with van der Waals surface area (Å²) in [5.74, 6) is -0.0826. The third kappa shape index (κ3) is 3.92. The molecule has 3 aromatic rings. The lowest BCUT2D eigenvalue weighted by molar-refractivity contribution is 0.0526. The normalized spacial score (nSPS) is 16.3. The van der Waals surface area contributed by atoms with E-state index >= 15 is 0 Å². The number of ether oxygens (including phenoxy) is 1. The van der Waals surface area contributed by atoms with E-state index < -0.39 is 0 Å². The van der Waals surface area contributed by atoms with Gasteiger partial charge in [0.25, 0.3) is 0 Å². The molecule has 32 heavy (non-hydrogen) atoms. The summed E-state index contributed by atoms with van der Waals surface area (Å²) in [6.07, 6.45) is 2.32. The number of phenols is 1. The first-order chi connectivity index (χ1) is 15.1. The average Bonchev–Trinajstić information content (AvgIpc) is 2.77. The molecule has 0 bridgehead atoms. The molecular weight excluding hydrogens is 396 g/mol. The lowest BCUT2D eigenvalue weighted by atomic mass is 9.63. The number of phenolic OH excluding ortho intramolecular Hbond substituents is 1. The number of carbonyl (C=O) groups excluding carboxylic acids is 1. The number of fused-ring (bicyclic) bond motifs is 1. The van der Waals surface area contributed by atoms with E-state index in [1.165, 1.54) is 17.5 Å². The van der Waals surface area contributed by atoms with Gasteiger partial charge < -0.3 is 9.84 Å². The predicted molar refractivity (Wildman–Crippen MR) is 130 cm³/mol. The lowest BCUT2D eigenvalue weighted by Crippen LogP contribution is -2.33. The van der Waals surface area contributed by atoms with Crippen molar-refractivity contribution in [2.24, 2.45) is 0 Å². The SMILES string of the molecule is CCOC(=O)c1ccc(-c2cccc(-c3ccc4c(c3)C(C)(C)CCC4(C)C)c2O)cc1. The number of esters is 1. The highest BCUT2D eigenvalue weighted by Gasteiger charge is 2.37. The molecule has 166 valence electrons. The molecule has 0 fully saturated rings. The van der Waals surface area contributed by atoms with Gasteiger partial charge in [0.2, 0.25) is 0 Å². The van der Waals surface area contributed by atoms with Crippen molar-refractivity contribution in [2.75, 3.05) is 6.61 Å². The van der Waals surface area contributed by atoms with Crippen molar-refractivity contribution in [2.45, 2.75) is 58.3 Å². The zero-order valence-corrected chi connectivity index (χ0v) is 19.7. The van der Waals surface area contributed by atoms with E-state index in [4.69, 9.17) is 4.74 Å². The Labute approximate surface area is 191 Å². The fraction of sp³-hybridized carbons (Fsp3) is 0.345. The Morgan fingerprint density at radius 2 is 1.41 bits per heavy atom. The molecule has 3 nitrogen and oxygen atoms in total. The van der Waals surface area contributed by atoms with Gasteiger partial charge in [-0.1, -0.05) is 76.2 Å². The van der Waals surface area contributed by atoms with Crippen LogP contribution < -0.4 is 0 Å². The number of hydrogen-bond acceptors (Lipinski definition) is 3. The minimum absolute atomic E-state index is 0.108. The van der Waals surface area contributed by atoms with E-state index in [2.05, 4.69) is 45.9 Å². The summed E-state index contributed by atoms with van der Waals surface area (Å²) < 4.78 is 5.06. The molecule has 1 N–H and O–H groups in total. The summed E-state index contributed by atoms with van der Waals surface area (Å²) in [6, 6.07) is 19.7. The average molecular weight is 429 g/mol. The molecule has 0 aromatic heterocycles. The van der Waals surface area contributed by atoms with Gasteiger partial charge in [-0.3, -0.25) is 0 Å². The summed E-state index contributed by atoms with van der Waals surface area (Å²) >= 11 is 0. The smallest absolute Gasteiger partial charge is 0.338 e. The van der Waals surface area contributed by atoms with Gasteiger partial charge >= 0.3 is 5.97 Å². The third-order valence-electron chi connectivity index (χ3n) is 6.91. The molecule has 0 aliphatic heterocycles. The highest BCUT2D eigenvalue weighted by molar-refractivity contribution is 5.90. The highest BCUT2D eigenvalue weighted by Crippen LogP contribution is 2.48. The van der Waals surface area contributed by atoms with Crippen molar-refractivity contribution >= 4 is 5.97 Å². The van der Waals surface area contributed by atoms with Crippen molar-refractivity contribution in [3.8, 4) is 28.0 Å². The van der Waals surface area contributed by atoms with Gasteiger partial charge in [0.1, 0.15) is 5.75 Å². The molecule has 0 atom stereocenters. The number of benzene rings is 3. The molecule has 0 spiro atoms. The second-order valence-electron chi connectivity index (χ2n) is 10.0. The highest BCUT2D eigenvalue weighted by atomic mass is 16.5. The summed E-state index contributed by atoms with van der Waals surface area (Å²) in [4.78, 5) is 11.9. The van der Waals surface area contributed by atoms with Crippen LogP contribution in [0.15, 0.2) is 60.7 Å². The number of rotatable bonds is 4. The maximum atomic E-state index is 11.9. The fourth-order valence-electron chi connectivity index (χ4n) is 4.77. The van der Waals surface area contributed by atoms with E-state index in [1.54, 1.807) is 19.1 Å². The Morgan fingerprint density at radius 3 is 2.03 bits per heavy atom.